The molecule has 0 saturated heterocycles. The van der Waals surface area contributed by atoms with Crippen LogP contribution in [0.1, 0.15) is 6.42 Å². The molecule has 2 aliphatic rings. The van der Waals surface area contributed by atoms with Crippen LogP contribution in [0.2, 0.25) is 0 Å². The Morgan fingerprint density at radius 2 is 0.667 bits per heavy atom. The van der Waals surface area contributed by atoms with Crippen molar-refractivity contribution in [2.75, 3.05) is 0 Å². The van der Waals surface area contributed by atoms with E-state index in [1.54, 1.807) is 21.2 Å². The van der Waals surface area contributed by atoms with Crippen molar-refractivity contribution in [3.63, 3.8) is 0 Å². The molecular weight excluding hydrogens is 561 g/mol. The first-order valence-corrected chi connectivity index (χ1v) is 15.2. The molecular formula is C33H36P2Rh+3. The molecule has 1 fully saturated rings. The van der Waals surface area contributed by atoms with Crippen molar-refractivity contribution in [1.82, 2.24) is 0 Å². The van der Waals surface area contributed by atoms with Gasteiger partial charge < -0.3 is 14.9 Å². The van der Waals surface area contributed by atoms with Gasteiger partial charge in [0.1, 0.15) is 11.3 Å². The van der Waals surface area contributed by atoms with Crippen LogP contribution in [-0.2, 0) is 19.5 Å². The average molecular weight is 598 g/mol. The van der Waals surface area contributed by atoms with E-state index in [4.69, 9.17) is 0 Å². The van der Waals surface area contributed by atoms with Crippen LogP contribution in [-0.4, -0.2) is 11.3 Å². The number of rotatable bonds is 6. The van der Waals surface area contributed by atoms with Gasteiger partial charge in [-0.25, -0.2) is 0 Å². The monoisotopic (exact) mass is 597 g/mol. The van der Waals surface area contributed by atoms with Crippen molar-refractivity contribution in [3.8, 4) is 0 Å². The summed E-state index contributed by atoms with van der Waals surface area (Å²) in [5, 5.41) is 6.25. The van der Waals surface area contributed by atoms with Crippen molar-refractivity contribution in [2.24, 2.45) is 11.8 Å². The van der Waals surface area contributed by atoms with Gasteiger partial charge in [0.25, 0.3) is 0 Å². The van der Waals surface area contributed by atoms with Crippen LogP contribution in [0.15, 0.2) is 133 Å². The Morgan fingerprint density at radius 1 is 0.417 bits per heavy atom. The van der Waals surface area contributed by atoms with E-state index >= 15 is 0 Å². The van der Waals surface area contributed by atoms with Crippen LogP contribution >= 0.6 is 15.8 Å². The van der Waals surface area contributed by atoms with Gasteiger partial charge in [0.15, 0.2) is 0 Å². The fraction of sp³-hybridized carbons (Fsp3) is 0.152. The SMILES string of the molecule is C1=CC2CC1C([PH+](c1ccccc1)c1ccccc1)C2[PH+](c1ccccc1)c1ccccc1.[CH3-].[CH3-].[Rh+3]. The first kappa shape index (κ1) is 28.7. The zero-order valence-corrected chi connectivity index (χ0v) is 24.7. The third kappa shape index (κ3) is 5.51. The summed E-state index contributed by atoms with van der Waals surface area (Å²) in [5.74, 6) is 1.39. The zero-order chi connectivity index (χ0) is 22.0. The maximum Gasteiger partial charge on any atom is 3.00 e. The summed E-state index contributed by atoms with van der Waals surface area (Å²) in [7, 11) is -1.88. The minimum atomic E-state index is -0.940. The van der Waals surface area contributed by atoms with E-state index in [1.165, 1.54) is 6.42 Å². The largest absolute Gasteiger partial charge is 3.00 e. The van der Waals surface area contributed by atoms with E-state index in [2.05, 4.69) is 133 Å². The van der Waals surface area contributed by atoms with Gasteiger partial charge in [0.2, 0.25) is 0 Å². The molecule has 0 amide bonds. The maximum atomic E-state index is 2.57. The van der Waals surface area contributed by atoms with Crippen molar-refractivity contribution in [3.05, 3.63) is 148 Å². The normalized spacial score (nSPS) is 21.5. The van der Waals surface area contributed by atoms with Crippen LogP contribution in [0.25, 0.3) is 0 Å². The van der Waals surface area contributed by atoms with E-state index in [1.807, 2.05) is 0 Å². The number of hydrogen-bond acceptors (Lipinski definition) is 0. The van der Waals surface area contributed by atoms with Crippen LogP contribution in [0.3, 0.4) is 0 Å². The van der Waals surface area contributed by atoms with E-state index in [0.717, 1.165) is 0 Å². The molecule has 4 atom stereocenters. The summed E-state index contributed by atoms with van der Waals surface area (Å²) in [4.78, 5) is 0. The Hall–Kier alpha value is -1.90. The molecule has 2 aliphatic carbocycles. The minimum absolute atomic E-state index is 0. The third-order valence-electron chi connectivity index (χ3n) is 7.47. The van der Waals surface area contributed by atoms with Gasteiger partial charge in [0.05, 0.1) is 37.1 Å². The topological polar surface area (TPSA) is 0 Å². The van der Waals surface area contributed by atoms with Crippen LogP contribution < -0.4 is 21.2 Å². The smallest absolute Gasteiger partial charge is 0.358 e. The summed E-state index contributed by atoms with van der Waals surface area (Å²) in [6.07, 6.45) is 6.46. The quantitative estimate of drug-likeness (QED) is 0.102. The molecule has 4 aromatic carbocycles. The third-order valence-corrected chi connectivity index (χ3v) is 14.5. The molecule has 3 heteroatoms. The molecule has 0 nitrogen and oxygen atoms in total. The molecule has 2 bridgehead atoms. The van der Waals surface area contributed by atoms with Gasteiger partial charge in [-0.1, -0.05) is 84.9 Å². The Kier molecular flexibility index (Phi) is 10.4. The molecule has 6 rings (SSSR count). The van der Waals surface area contributed by atoms with Gasteiger partial charge in [-0.2, -0.15) is 0 Å². The van der Waals surface area contributed by atoms with Crippen LogP contribution in [0.5, 0.6) is 0 Å². The second-order valence-electron chi connectivity index (χ2n) is 9.29. The standard InChI is InChI=1S/C31H28P2.2CH3.Rh/c1-5-13-26(14-6-1)32(27-15-7-2-8-16-27)30-24-21-22-25(23-24)31(30)33(28-17-9-3-10-18-28)29-19-11-4-12-20-29;;;/h1-22,24-25,30-31H,23H2;2*1H3;/q;2*-1;+3/p+2. The molecule has 0 aliphatic heterocycles. The predicted octanol–water partition coefficient (Wildman–Crippen LogP) is 6.56. The van der Waals surface area contributed by atoms with Gasteiger partial charge in [-0.15, -0.1) is 0 Å². The zero-order valence-electron chi connectivity index (χ0n) is 21.1. The molecule has 0 spiro atoms. The van der Waals surface area contributed by atoms with Crippen molar-refractivity contribution >= 4 is 37.1 Å². The van der Waals surface area contributed by atoms with Crippen molar-refractivity contribution in [2.45, 2.75) is 17.7 Å². The minimum Gasteiger partial charge on any atom is -0.358 e. The number of hydrogen-bond donors (Lipinski definition) is 0. The molecule has 4 unspecified atom stereocenters. The van der Waals surface area contributed by atoms with Crippen molar-refractivity contribution < 1.29 is 19.5 Å². The maximum absolute atomic E-state index is 2.57. The first-order valence-electron chi connectivity index (χ1n) is 12.0. The van der Waals surface area contributed by atoms with Crippen LogP contribution in [0.4, 0.5) is 0 Å². The molecule has 0 N–H and O–H groups in total. The Morgan fingerprint density at radius 3 is 0.917 bits per heavy atom. The molecule has 0 aromatic heterocycles. The Bertz CT molecular complexity index is 1040. The summed E-state index contributed by atoms with van der Waals surface area (Å²) >= 11 is 0. The fourth-order valence-electron chi connectivity index (χ4n) is 6.18. The summed E-state index contributed by atoms with van der Waals surface area (Å²) in [6.45, 7) is 0. The summed E-state index contributed by atoms with van der Waals surface area (Å²) < 4.78 is 0. The van der Waals surface area contributed by atoms with Gasteiger partial charge >= 0.3 is 19.5 Å². The van der Waals surface area contributed by atoms with Gasteiger partial charge in [-0.3, -0.25) is 0 Å². The predicted molar refractivity (Wildman–Crippen MR) is 162 cm³/mol. The molecule has 36 heavy (non-hydrogen) atoms. The molecule has 184 valence electrons. The van der Waals surface area contributed by atoms with Crippen molar-refractivity contribution in [1.29, 1.82) is 0 Å². The summed E-state index contributed by atoms with van der Waals surface area (Å²) in [5.41, 5.74) is 1.42. The van der Waals surface area contributed by atoms with Crippen LogP contribution in [0, 0.1) is 26.7 Å². The Balaban J connectivity index is 0.00000120. The first-order chi connectivity index (χ1) is 16.4. The van der Waals surface area contributed by atoms with Gasteiger partial charge in [-0.05, 0) is 55.0 Å². The number of fused-ring (bicyclic) bond motifs is 2. The van der Waals surface area contributed by atoms with E-state index in [9.17, 15) is 0 Å². The second kappa shape index (κ2) is 13.1. The summed E-state index contributed by atoms with van der Waals surface area (Å²) in [6, 6.07) is 45.7. The number of allylic oxidation sites excluding steroid dienone is 2. The molecule has 0 heterocycles. The average Bonchev–Trinajstić information content (AvgIpc) is 3.50. The Labute approximate surface area is 233 Å². The second-order valence-corrected chi connectivity index (χ2v) is 14.6. The molecule has 4 aromatic rings. The van der Waals surface area contributed by atoms with Gasteiger partial charge in [0, 0.05) is 11.8 Å². The molecule has 0 radical (unpaired) electrons. The van der Waals surface area contributed by atoms with E-state index < -0.39 is 15.8 Å². The number of benzene rings is 4. The van der Waals surface area contributed by atoms with E-state index in [-0.39, 0.29) is 34.3 Å². The molecule has 1 saturated carbocycles. The fourth-order valence-corrected chi connectivity index (χ4v) is 14.2. The van der Waals surface area contributed by atoms with E-state index in [0.29, 0.717) is 23.2 Å².